The maximum atomic E-state index is 12.2. The summed E-state index contributed by atoms with van der Waals surface area (Å²) in [6, 6.07) is 7.02. The summed E-state index contributed by atoms with van der Waals surface area (Å²) < 4.78 is 37.4. The lowest BCUT2D eigenvalue weighted by atomic mass is 10.2. The molecule has 0 radical (unpaired) electrons. The van der Waals surface area contributed by atoms with E-state index in [-0.39, 0.29) is 6.54 Å². The summed E-state index contributed by atoms with van der Waals surface area (Å²) in [4.78, 5) is 0.360. The Hall–Kier alpha value is -0.300. The number of benzene rings is 1. The fraction of sp³-hybridized carbons (Fsp3) is 0.333. The van der Waals surface area contributed by atoms with E-state index in [1.165, 1.54) is 0 Å². The van der Waals surface area contributed by atoms with Crippen molar-refractivity contribution in [2.75, 3.05) is 7.05 Å². The van der Waals surface area contributed by atoms with Crippen molar-refractivity contribution in [3.8, 4) is 0 Å². The van der Waals surface area contributed by atoms with Gasteiger partial charge in [0.25, 0.3) is 0 Å². The minimum absolute atomic E-state index is 0.111. The highest BCUT2D eigenvalue weighted by Gasteiger charge is 2.33. The number of hydrogen-bond donors (Lipinski definition) is 0. The van der Waals surface area contributed by atoms with Crippen LogP contribution in [0.4, 0.5) is 13.2 Å². The molecule has 0 spiro atoms. The Balaban J connectivity index is 2.70. The quantitative estimate of drug-likeness (QED) is 0.598. The van der Waals surface area contributed by atoms with Crippen molar-refractivity contribution in [3.63, 3.8) is 0 Å². The molecule has 0 saturated heterocycles. The maximum Gasteiger partial charge on any atom is 0.459 e. The first-order valence-corrected chi connectivity index (χ1v) is 5.00. The van der Waals surface area contributed by atoms with Gasteiger partial charge in [-0.05, 0) is 47.3 Å². The molecule has 5 heteroatoms. The lowest BCUT2D eigenvalue weighted by Crippen LogP contribution is -2.33. The van der Waals surface area contributed by atoms with Crippen LogP contribution in [0.15, 0.2) is 24.3 Å². The number of nitrogens with zero attached hydrogens (tertiary/aromatic N) is 1. The summed E-state index contributed by atoms with van der Waals surface area (Å²) in [7, 11) is 1.04. The Labute approximate surface area is 94.0 Å². The smallest absolute Gasteiger partial charge is 0.213 e. The molecule has 0 fully saturated rings. The molecule has 1 aromatic carbocycles. The molecule has 0 aliphatic rings. The van der Waals surface area contributed by atoms with Crippen molar-refractivity contribution in [2.24, 2.45) is 0 Å². The Morgan fingerprint density at radius 1 is 1.36 bits per heavy atom. The van der Waals surface area contributed by atoms with E-state index in [4.69, 9.17) is 0 Å². The Morgan fingerprint density at radius 2 is 2.00 bits per heavy atom. The van der Waals surface area contributed by atoms with Gasteiger partial charge >= 0.3 is 6.30 Å². The van der Waals surface area contributed by atoms with Gasteiger partial charge in [-0.25, -0.2) is 4.90 Å². The van der Waals surface area contributed by atoms with Crippen molar-refractivity contribution in [1.82, 2.24) is 4.90 Å². The second kappa shape index (κ2) is 4.48. The molecule has 0 unspecified atom stereocenters. The molecule has 0 saturated carbocycles. The first kappa shape index (κ1) is 11.8. The topological polar surface area (TPSA) is 3.24 Å². The van der Waals surface area contributed by atoms with E-state index in [9.17, 15) is 13.2 Å². The normalized spacial score (nSPS) is 12.1. The third-order valence-electron chi connectivity index (χ3n) is 1.74. The number of hydrogen-bond acceptors (Lipinski definition) is 1. The van der Waals surface area contributed by atoms with Crippen LogP contribution in [-0.2, 0) is 6.54 Å². The summed E-state index contributed by atoms with van der Waals surface area (Å²) >= 11 is 2.07. The predicted molar refractivity (Wildman–Crippen MR) is 56.7 cm³/mol. The molecule has 1 rings (SSSR count). The van der Waals surface area contributed by atoms with Gasteiger partial charge in [0, 0.05) is 10.1 Å². The van der Waals surface area contributed by atoms with Gasteiger partial charge in [0.05, 0.1) is 0 Å². The molecule has 1 aromatic rings. The molecular formula is C9H9F3IN. The number of halogens is 4. The van der Waals surface area contributed by atoms with Crippen LogP contribution in [0.25, 0.3) is 0 Å². The van der Waals surface area contributed by atoms with Crippen molar-refractivity contribution >= 4 is 22.6 Å². The molecular weight excluding hydrogens is 306 g/mol. The van der Waals surface area contributed by atoms with Crippen LogP contribution < -0.4 is 0 Å². The molecule has 0 aliphatic carbocycles. The van der Waals surface area contributed by atoms with Gasteiger partial charge < -0.3 is 0 Å². The van der Waals surface area contributed by atoms with Crippen LogP contribution in [0.3, 0.4) is 0 Å². The van der Waals surface area contributed by atoms with Crippen LogP contribution in [-0.4, -0.2) is 18.2 Å². The lowest BCUT2D eigenvalue weighted by Gasteiger charge is -2.19. The van der Waals surface area contributed by atoms with Gasteiger partial charge in [0.15, 0.2) is 0 Å². The third-order valence-corrected chi connectivity index (χ3v) is 2.41. The van der Waals surface area contributed by atoms with Crippen LogP contribution >= 0.6 is 22.6 Å². The second-order valence-electron chi connectivity index (χ2n) is 2.95. The first-order valence-electron chi connectivity index (χ1n) is 3.92. The second-order valence-corrected chi connectivity index (χ2v) is 4.20. The van der Waals surface area contributed by atoms with Crippen LogP contribution in [0.5, 0.6) is 0 Å². The highest BCUT2D eigenvalue weighted by molar-refractivity contribution is 14.1. The third kappa shape index (κ3) is 3.45. The average molecular weight is 315 g/mol. The van der Waals surface area contributed by atoms with Gasteiger partial charge in [-0.1, -0.05) is 12.1 Å². The standard InChI is InChI=1S/C9H9F3IN/c1-14(9(10,11)12)6-7-3-2-4-8(13)5-7/h2-5H,6H2,1H3. The average Bonchev–Trinajstić information content (AvgIpc) is 2.02. The molecule has 14 heavy (non-hydrogen) atoms. The fourth-order valence-electron chi connectivity index (χ4n) is 0.999. The minimum Gasteiger partial charge on any atom is -0.213 e. The molecule has 0 aliphatic heterocycles. The summed E-state index contributed by atoms with van der Waals surface area (Å²) in [6.07, 6.45) is -4.26. The molecule has 0 amide bonds. The highest BCUT2D eigenvalue weighted by atomic mass is 127. The van der Waals surface area contributed by atoms with Gasteiger partial charge in [-0.3, -0.25) is 0 Å². The first-order chi connectivity index (χ1) is 6.39. The summed E-state index contributed by atoms with van der Waals surface area (Å²) in [6.45, 7) is -0.111. The van der Waals surface area contributed by atoms with Crippen molar-refractivity contribution < 1.29 is 13.2 Å². The van der Waals surface area contributed by atoms with Crippen LogP contribution in [0.1, 0.15) is 5.56 Å². The molecule has 78 valence electrons. The zero-order valence-electron chi connectivity index (χ0n) is 7.48. The Kier molecular flexibility index (Phi) is 3.77. The maximum absolute atomic E-state index is 12.2. The molecule has 1 nitrogen and oxygen atoms in total. The lowest BCUT2D eigenvalue weighted by molar-refractivity contribution is -0.240. The summed E-state index contributed by atoms with van der Waals surface area (Å²) in [5, 5.41) is 0. The molecule has 0 atom stereocenters. The van der Waals surface area contributed by atoms with Crippen molar-refractivity contribution in [2.45, 2.75) is 12.8 Å². The largest absolute Gasteiger partial charge is 0.459 e. The van der Waals surface area contributed by atoms with E-state index in [1.807, 2.05) is 6.07 Å². The molecule has 0 heterocycles. The summed E-state index contributed by atoms with van der Waals surface area (Å²) in [5.41, 5.74) is 0.664. The minimum atomic E-state index is -4.26. The van der Waals surface area contributed by atoms with Gasteiger partial charge in [0.2, 0.25) is 0 Å². The monoisotopic (exact) mass is 315 g/mol. The van der Waals surface area contributed by atoms with E-state index in [1.54, 1.807) is 18.2 Å². The number of rotatable bonds is 2. The zero-order valence-corrected chi connectivity index (χ0v) is 9.63. The van der Waals surface area contributed by atoms with Crippen molar-refractivity contribution in [1.29, 1.82) is 0 Å². The van der Waals surface area contributed by atoms with E-state index in [0.29, 0.717) is 10.5 Å². The van der Waals surface area contributed by atoms with Crippen molar-refractivity contribution in [3.05, 3.63) is 33.4 Å². The van der Waals surface area contributed by atoms with Crippen LogP contribution in [0, 0.1) is 3.57 Å². The predicted octanol–water partition coefficient (Wildman–Crippen LogP) is 3.24. The fourth-order valence-corrected chi connectivity index (χ4v) is 1.61. The van der Waals surface area contributed by atoms with Crippen LogP contribution in [0.2, 0.25) is 0 Å². The Bertz CT molecular complexity index is 311. The summed E-state index contributed by atoms with van der Waals surface area (Å²) in [5.74, 6) is 0. The zero-order chi connectivity index (χ0) is 10.8. The van der Waals surface area contributed by atoms with E-state index >= 15 is 0 Å². The van der Waals surface area contributed by atoms with Gasteiger partial charge in [-0.2, -0.15) is 13.2 Å². The SMILES string of the molecule is CN(Cc1cccc(I)c1)C(F)(F)F. The van der Waals surface area contributed by atoms with E-state index < -0.39 is 6.30 Å². The van der Waals surface area contributed by atoms with E-state index in [2.05, 4.69) is 22.6 Å². The molecule has 0 N–H and O–H groups in total. The molecule has 0 aromatic heterocycles. The van der Waals surface area contributed by atoms with E-state index in [0.717, 1.165) is 10.6 Å². The molecule has 0 bridgehead atoms. The Morgan fingerprint density at radius 3 is 2.50 bits per heavy atom. The van der Waals surface area contributed by atoms with Gasteiger partial charge in [-0.15, -0.1) is 0 Å². The highest BCUT2D eigenvalue weighted by Crippen LogP contribution is 2.21. The number of alkyl halides is 3. The van der Waals surface area contributed by atoms with Gasteiger partial charge in [0.1, 0.15) is 0 Å².